The first-order chi connectivity index (χ1) is 45.2. The number of unbranched alkanes of at least 4 members (excludes halogenated alkanes) is 21. The summed E-state index contributed by atoms with van der Waals surface area (Å²) in [5, 5.41) is 20.6. The number of allylic oxidation sites excluding steroid dienone is 22. The minimum atomic E-state index is -4.93. The quantitative estimate of drug-likeness (QED) is 0.0146. The Kier molecular flexibility index (Phi) is 64.5. The molecule has 532 valence electrons. The van der Waals surface area contributed by atoms with E-state index in [2.05, 4.69) is 154 Å². The normalized spacial score (nSPS) is 15.0. The first-order valence-corrected chi connectivity index (χ1v) is 38.5. The van der Waals surface area contributed by atoms with Crippen molar-refractivity contribution in [2.24, 2.45) is 0 Å². The van der Waals surface area contributed by atoms with Crippen molar-refractivity contribution < 1.29 is 75.8 Å². The van der Waals surface area contributed by atoms with Crippen LogP contribution in [-0.2, 0) is 55.8 Å². The van der Waals surface area contributed by atoms with Crippen molar-refractivity contribution in [1.29, 1.82) is 0 Å². The number of aliphatic hydroxyl groups is 2. The van der Waals surface area contributed by atoms with Gasteiger partial charge < -0.3 is 34.2 Å². The molecule has 5 unspecified atom stereocenters. The highest BCUT2D eigenvalue weighted by atomic mass is 31.2. The largest absolute Gasteiger partial charge is 0.472 e. The fourth-order valence-electron chi connectivity index (χ4n) is 9.01. The molecule has 93 heavy (non-hydrogen) atoms. The van der Waals surface area contributed by atoms with Crippen LogP contribution < -0.4 is 0 Å². The third-order valence-electron chi connectivity index (χ3n) is 14.4. The summed E-state index contributed by atoms with van der Waals surface area (Å²) in [6.07, 6.45) is 79.4. The van der Waals surface area contributed by atoms with Gasteiger partial charge in [0.2, 0.25) is 0 Å². The Morgan fingerprint density at radius 1 is 0.312 bits per heavy atom. The summed E-state index contributed by atoms with van der Waals surface area (Å²) < 4.78 is 60.8. The van der Waals surface area contributed by atoms with Gasteiger partial charge in [0.15, 0.2) is 6.10 Å². The monoisotopic (exact) mass is 1340 g/mol. The molecule has 0 radical (unpaired) electrons. The minimum absolute atomic E-state index is 0.0963. The SMILES string of the molecule is CC/C=C\C/C=C\C/C=C\C/C=C\C/C=C\C/C=C\CCCCCCCCCCC(=O)OCC(O)COP(=O)(O)OCC(O)COP(=O)(O)OCC(COC(=O)CCCCC/C=C\C/C=C\C/C=C\C/C=C\C/C=C\CC)OC(=O)CCCCCCCCCCCCC. The number of carbonyl (C=O) groups is 3. The van der Waals surface area contributed by atoms with E-state index in [0.29, 0.717) is 19.3 Å². The van der Waals surface area contributed by atoms with E-state index in [0.717, 1.165) is 148 Å². The summed E-state index contributed by atoms with van der Waals surface area (Å²) in [6.45, 7) is 2.37. The van der Waals surface area contributed by atoms with Crippen LogP contribution in [0.2, 0.25) is 0 Å². The fraction of sp³-hybridized carbons (Fsp3) is 0.667. The van der Waals surface area contributed by atoms with Crippen LogP contribution in [0.1, 0.15) is 265 Å². The molecule has 0 saturated heterocycles. The van der Waals surface area contributed by atoms with Crippen LogP contribution in [-0.4, -0.2) is 95.9 Å². The number of rotatable bonds is 66. The molecule has 0 aliphatic rings. The summed E-state index contributed by atoms with van der Waals surface area (Å²) in [6, 6.07) is 0. The number of hydrogen-bond donors (Lipinski definition) is 4. The van der Waals surface area contributed by atoms with Crippen molar-refractivity contribution in [2.75, 3.05) is 39.6 Å². The highest BCUT2D eigenvalue weighted by molar-refractivity contribution is 7.47. The summed E-state index contributed by atoms with van der Waals surface area (Å²) in [4.78, 5) is 58.3. The molecule has 0 aromatic heterocycles. The molecule has 18 heteroatoms. The molecule has 4 N–H and O–H groups in total. The zero-order valence-electron chi connectivity index (χ0n) is 57.6. The Morgan fingerprint density at radius 3 is 0.914 bits per heavy atom. The molecule has 0 aliphatic carbocycles. The predicted octanol–water partition coefficient (Wildman–Crippen LogP) is 20.0. The topological polar surface area (TPSA) is 231 Å². The smallest absolute Gasteiger partial charge is 0.463 e. The van der Waals surface area contributed by atoms with Crippen LogP contribution in [0.15, 0.2) is 134 Å². The summed E-state index contributed by atoms with van der Waals surface area (Å²) in [7, 11) is -9.79. The number of phosphoric acid groups is 2. The lowest BCUT2D eigenvalue weighted by atomic mass is 10.1. The van der Waals surface area contributed by atoms with Crippen molar-refractivity contribution in [1.82, 2.24) is 0 Å². The summed E-state index contributed by atoms with van der Waals surface area (Å²) in [5.74, 6) is -1.62. The second kappa shape index (κ2) is 67.7. The lowest BCUT2D eigenvalue weighted by Gasteiger charge is -2.21. The van der Waals surface area contributed by atoms with Gasteiger partial charge in [0.25, 0.3) is 0 Å². The molecular weight excluding hydrogens is 1220 g/mol. The van der Waals surface area contributed by atoms with Crippen LogP contribution in [0.25, 0.3) is 0 Å². The van der Waals surface area contributed by atoms with E-state index in [1.807, 2.05) is 0 Å². The van der Waals surface area contributed by atoms with E-state index in [4.69, 9.17) is 32.3 Å². The highest BCUT2D eigenvalue weighted by Gasteiger charge is 2.29. The Labute approximate surface area is 563 Å². The Bertz CT molecular complexity index is 2230. The first kappa shape index (κ1) is 88.7. The summed E-state index contributed by atoms with van der Waals surface area (Å²) in [5.41, 5.74) is 0. The van der Waals surface area contributed by atoms with Crippen molar-refractivity contribution >= 4 is 33.6 Å². The second-order valence-corrected chi connectivity index (χ2v) is 26.2. The first-order valence-electron chi connectivity index (χ1n) is 35.5. The molecule has 0 bridgehead atoms. The number of carbonyl (C=O) groups excluding carboxylic acids is 3. The highest BCUT2D eigenvalue weighted by Crippen LogP contribution is 2.45. The summed E-state index contributed by atoms with van der Waals surface area (Å²) >= 11 is 0. The van der Waals surface area contributed by atoms with Gasteiger partial charge in [0.05, 0.1) is 26.4 Å². The molecular formula is C75H126O16P2. The lowest BCUT2D eigenvalue weighted by Crippen LogP contribution is -2.30. The molecule has 0 fully saturated rings. The van der Waals surface area contributed by atoms with Crippen molar-refractivity contribution in [3.05, 3.63) is 134 Å². The fourth-order valence-corrected chi connectivity index (χ4v) is 10.6. The van der Waals surface area contributed by atoms with E-state index < -0.39 is 91.5 Å². The van der Waals surface area contributed by atoms with Crippen LogP contribution in [0, 0.1) is 0 Å². The Balaban J connectivity index is 4.54. The van der Waals surface area contributed by atoms with Gasteiger partial charge in [-0.05, 0) is 116 Å². The van der Waals surface area contributed by atoms with Gasteiger partial charge in [-0.1, -0.05) is 264 Å². The average Bonchev–Trinajstić information content (AvgIpc) is 2.94. The van der Waals surface area contributed by atoms with E-state index >= 15 is 0 Å². The molecule has 0 saturated carbocycles. The van der Waals surface area contributed by atoms with Crippen LogP contribution >= 0.6 is 15.6 Å². The van der Waals surface area contributed by atoms with E-state index in [1.165, 1.54) is 57.8 Å². The van der Waals surface area contributed by atoms with Gasteiger partial charge in [-0.15, -0.1) is 0 Å². The van der Waals surface area contributed by atoms with E-state index in [1.54, 1.807) is 0 Å². The predicted molar refractivity (Wildman–Crippen MR) is 380 cm³/mol. The molecule has 5 atom stereocenters. The van der Waals surface area contributed by atoms with E-state index in [-0.39, 0.29) is 19.3 Å². The molecule has 16 nitrogen and oxygen atoms in total. The average molecular weight is 1350 g/mol. The maximum absolute atomic E-state index is 12.9. The van der Waals surface area contributed by atoms with Crippen LogP contribution in [0.3, 0.4) is 0 Å². The van der Waals surface area contributed by atoms with E-state index in [9.17, 15) is 43.5 Å². The van der Waals surface area contributed by atoms with Gasteiger partial charge >= 0.3 is 33.6 Å². The Hall–Kier alpha value is -4.31. The van der Waals surface area contributed by atoms with Gasteiger partial charge in [0.1, 0.15) is 25.4 Å². The number of hydrogen-bond acceptors (Lipinski definition) is 14. The van der Waals surface area contributed by atoms with Crippen molar-refractivity contribution in [2.45, 2.75) is 283 Å². The molecule has 0 aliphatic heterocycles. The molecule has 0 amide bonds. The van der Waals surface area contributed by atoms with Crippen LogP contribution in [0.4, 0.5) is 0 Å². The second-order valence-electron chi connectivity index (χ2n) is 23.3. The van der Waals surface area contributed by atoms with Gasteiger partial charge in [0, 0.05) is 19.3 Å². The van der Waals surface area contributed by atoms with Crippen molar-refractivity contribution in [3.63, 3.8) is 0 Å². The van der Waals surface area contributed by atoms with Gasteiger partial charge in [-0.3, -0.25) is 32.5 Å². The molecule has 0 spiro atoms. The number of phosphoric ester groups is 2. The van der Waals surface area contributed by atoms with Crippen molar-refractivity contribution in [3.8, 4) is 0 Å². The molecule has 0 rings (SSSR count). The standard InChI is InChI=1S/C75H126O16P2/c1-4-7-10-13-16-19-22-24-26-28-30-31-32-33-34-35-36-37-39-41-42-44-47-49-52-55-58-61-73(78)85-64-70(76)65-87-92(81,82)88-66-71(77)67-89-93(83,84)90-69-72(91-75(80)63-60-57-54-51-46-21-18-15-12-9-6-3)68-86-74(79)62-59-56-53-50-48-45-43-40-38-29-27-25-23-20-17-14-11-8-5-2/h7-8,10-11,16-17,19-20,24-27,30-31,33-34,36-38,40,45,48,70-72,76-77H,4-6,9,12-15,18,21-23,28-29,32,35,39,41-44,46-47,49-69H2,1-3H3,(H,81,82)(H,83,84)/b10-7-,11-8-,19-16-,20-17-,26-24-,27-25-,31-30-,34-33-,37-36-,40-38-,48-45-. The minimum Gasteiger partial charge on any atom is -0.463 e. The van der Waals surface area contributed by atoms with Crippen LogP contribution in [0.5, 0.6) is 0 Å². The zero-order valence-corrected chi connectivity index (χ0v) is 59.4. The van der Waals surface area contributed by atoms with Gasteiger partial charge in [-0.25, -0.2) is 9.13 Å². The van der Waals surface area contributed by atoms with Gasteiger partial charge in [-0.2, -0.15) is 0 Å². The third-order valence-corrected chi connectivity index (χ3v) is 16.3. The maximum Gasteiger partial charge on any atom is 0.472 e. The molecule has 0 aromatic carbocycles. The number of esters is 3. The third kappa shape index (κ3) is 68.9. The zero-order chi connectivity index (χ0) is 68.1. The number of aliphatic hydroxyl groups excluding tert-OH is 2. The maximum atomic E-state index is 12.9. The lowest BCUT2D eigenvalue weighted by molar-refractivity contribution is -0.161. The number of ether oxygens (including phenoxy) is 3. The molecule has 0 aromatic rings. The Morgan fingerprint density at radius 2 is 0.570 bits per heavy atom. The molecule has 0 heterocycles.